The van der Waals surface area contributed by atoms with Gasteiger partial charge in [0.05, 0.1) is 23.0 Å². The lowest BCUT2D eigenvalue weighted by Crippen LogP contribution is -2.15. The number of phenolic OH excluding ortho intramolecular Hbond substituents is 1. The van der Waals surface area contributed by atoms with E-state index in [0.717, 1.165) is 16.2 Å². The third-order valence-electron chi connectivity index (χ3n) is 4.67. The Hall–Kier alpha value is -3.91. The zero-order chi connectivity index (χ0) is 21.2. The normalized spacial score (nSPS) is 12.4. The van der Waals surface area contributed by atoms with Crippen molar-refractivity contribution in [1.82, 2.24) is 9.97 Å². The van der Waals surface area contributed by atoms with Crippen LogP contribution in [0.15, 0.2) is 67.0 Å². The Morgan fingerprint density at radius 1 is 0.935 bits per heavy atom. The lowest BCUT2D eigenvalue weighted by Gasteiger charge is -2.18. The van der Waals surface area contributed by atoms with E-state index in [0.29, 0.717) is 40.9 Å². The summed E-state index contributed by atoms with van der Waals surface area (Å²) in [6, 6.07) is 16.1. The number of rotatable bonds is 4. The maximum absolute atomic E-state index is 12.7. The van der Waals surface area contributed by atoms with Gasteiger partial charge in [-0.1, -0.05) is 12.1 Å². The van der Waals surface area contributed by atoms with E-state index in [1.807, 2.05) is 24.3 Å². The lowest BCUT2D eigenvalue weighted by atomic mass is 10.1. The fraction of sp³-hybridized carbons (Fsp3) is 0.0870. The first-order valence-corrected chi connectivity index (χ1v) is 10.4. The summed E-state index contributed by atoms with van der Waals surface area (Å²) in [6.45, 7) is 1.08. The number of nitrogens with one attached hydrogen (secondary N) is 1. The van der Waals surface area contributed by atoms with E-state index in [2.05, 4.69) is 15.3 Å². The molecule has 0 bridgehead atoms. The minimum Gasteiger partial charge on any atom is -0.508 e. The first-order chi connectivity index (χ1) is 15.2. The van der Waals surface area contributed by atoms with Gasteiger partial charge in [0, 0.05) is 10.4 Å². The molecule has 2 aromatic heterocycles. The lowest BCUT2D eigenvalue weighted by molar-refractivity contribution is 0.103. The van der Waals surface area contributed by atoms with Crippen LogP contribution >= 0.6 is 11.3 Å². The molecule has 2 N–H and O–H groups in total. The molecule has 0 radical (unpaired) electrons. The minimum atomic E-state index is -0.234. The summed E-state index contributed by atoms with van der Waals surface area (Å²) in [6.07, 6.45) is 3.08. The van der Waals surface area contributed by atoms with Crippen LogP contribution in [0, 0.1) is 0 Å². The van der Waals surface area contributed by atoms with Gasteiger partial charge < -0.3 is 19.9 Å². The first-order valence-electron chi connectivity index (χ1n) is 9.58. The van der Waals surface area contributed by atoms with Crippen LogP contribution in [0.4, 0.5) is 5.69 Å². The van der Waals surface area contributed by atoms with Gasteiger partial charge in [-0.2, -0.15) is 0 Å². The topological polar surface area (TPSA) is 93.6 Å². The van der Waals surface area contributed by atoms with Crippen molar-refractivity contribution in [1.29, 1.82) is 0 Å². The summed E-state index contributed by atoms with van der Waals surface area (Å²) < 4.78 is 11.2. The SMILES string of the molecule is O=C(Nc1cnc(-c2cccc(O)c2)nc1)c1ccc(-c2ccc3c(c2)OCCO3)s1. The molecular weight excluding hydrogens is 414 g/mol. The molecule has 1 amide bonds. The molecule has 2 aromatic carbocycles. The van der Waals surface area contributed by atoms with Gasteiger partial charge >= 0.3 is 0 Å². The number of nitrogens with zero attached hydrogens (tertiary/aromatic N) is 2. The fourth-order valence-corrected chi connectivity index (χ4v) is 4.09. The average molecular weight is 431 g/mol. The molecule has 0 fully saturated rings. The van der Waals surface area contributed by atoms with Gasteiger partial charge in [0.25, 0.3) is 5.91 Å². The Balaban J connectivity index is 1.30. The van der Waals surface area contributed by atoms with Crippen molar-refractivity contribution < 1.29 is 19.4 Å². The molecule has 1 aliphatic heterocycles. The van der Waals surface area contributed by atoms with Gasteiger partial charge in [0.1, 0.15) is 19.0 Å². The number of carbonyl (C=O) groups excluding carboxylic acids is 1. The molecule has 154 valence electrons. The maximum atomic E-state index is 12.7. The Bertz CT molecular complexity index is 1250. The molecule has 0 aliphatic carbocycles. The molecular formula is C23H17N3O4S. The second-order valence-corrected chi connectivity index (χ2v) is 7.91. The van der Waals surface area contributed by atoms with Gasteiger partial charge in [-0.05, 0) is 48.0 Å². The predicted octanol–water partition coefficient (Wildman–Crippen LogP) is 4.60. The zero-order valence-corrected chi connectivity index (χ0v) is 17.1. The number of aromatic hydroxyl groups is 1. The highest BCUT2D eigenvalue weighted by molar-refractivity contribution is 7.17. The number of amides is 1. The second-order valence-electron chi connectivity index (χ2n) is 6.82. The molecule has 0 atom stereocenters. The number of hydrogen-bond acceptors (Lipinski definition) is 7. The van der Waals surface area contributed by atoms with Crippen molar-refractivity contribution in [3.63, 3.8) is 0 Å². The Morgan fingerprint density at radius 3 is 2.55 bits per heavy atom. The predicted molar refractivity (Wildman–Crippen MR) is 118 cm³/mol. The summed E-state index contributed by atoms with van der Waals surface area (Å²) in [7, 11) is 0. The first kappa shape index (κ1) is 19.1. The highest BCUT2D eigenvalue weighted by atomic mass is 32.1. The van der Waals surface area contributed by atoms with Gasteiger partial charge in [-0.15, -0.1) is 11.3 Å². The number of hydrogen-bond donors (Lipinski definition) is 2. The summed E-state index contributed by atoms with van der Waals surface area (Å²) in [4.78, 5) is 22.7. The third-order valence-corrected chi connectivity index (χ3v) is 5.80. The average Bonchev–Trinajstić information content (AvgIpc) is 3.30. The van der Waals surface area contributed by atoms with E-state index in [1.165, 1.54) is 11.3 Å². The van der Waals surface area contributed by atoms with Gasteiger partial charge in [0.2, 0.25) is 0 Å². The molecule has 0 saturated carbocycles. The van der Waals surface area contributed by atoms with Crippen molar-refractivity contribution >= 4 is 22.9 Å². The number of benzene rings is 2. The molecule has 0 saturated heterocycles. The summed E-state index contributed by atoms with van der Waals surface area (Å²) >= 11 is 1.39. The number of fused-ring (bicyclic) bond motifs is 1. The van der Waals surface area contributed by atoms with Crippen LogP contribution < -0.4 is 14.8 Å². The maximum Gasteiger partial charge on any atom is 0.265 e. The number of thiophene rings is 1. The molecule has 3 heterocycles. The number of ether oxygens (including phenoxy) is 2. The molecule has 31 heavy (non-hydrogen) atoms. The molecule has 0 spiro atoms. The van der Waals surface area contributed by atoms with Crippen LogP contribution in [0.5, 0.6) is 17.2 Å². The fourth-order valence-electron chi connectivity index (χ4n) is 3.19. The van der Waals surface area contributed by atoms with Crippen LogP contribution in [-0.4, -0.2) is 34.2 Å². The molecule has 5 rings (SSSR count). The smallest absolute Gasteiger partial charge is 0.265 e. The number of phenols is 1. The van der Waals surface area contributed by atoms with Crippen LogP contribution in [-0.2, 0) is 0 Å². The van der Waals surface area contributed by atoms with Crippen molar-refractivity contribution in [2.24, 2.45) is 0 Å². The van der Waals surface area contributed by atoms with Crippen molar-refractivity contribution in [2.75, 3.05) is 18.5 Å². The Kier molecular flexibility index (Phi) is 4.97. The van der Waals surface area contributed by atoms with E-state index in [4.69, 9.17) is 9.47 Å². The molecule has 1 aliphatic rings. The second kappa shape index (κ2) is 8.08. The molecule has 4 aromatic rings. The minimum absolute atomic E-state index is 0.144. The van der Waals surface area contributed by atoms with E-state index in [1.54, 1.807) is 42.7 Å². The van der Waals surface area contributed by atoms with Crippen LogP contribution in [0.2, 0.25) is 0 Å². The number of carbonyl (C=O) groups is 1. The summed E-state index contributed by atoms with van der Waals surface area (Å²) in [5.41, 5.74) is 2.15. The van der Waals surface area contributed by atoms with Gasteiger partial charge in [-0.25, -0.2) is 9.97 Å². The third kappa shape index (κ3) is 4.06. The van der Waals surface area contributed by atoms with Crippen LogP contribution in [0.1, 0.15) is 9.67 Å². The monoisotopic (exact) mass is 431 g/mol. The number of aromatic nitrogens is 2. The van der Waals surface area contributed by atoms with Gasteiger partial charge in [0.15, 0.2) is 17.3 Å². The highest BCUT2D eigenvalue weighted by Crippen LogP contribution is 2.37. The van der Waals surface area contributed by atoms with E-state index in [9.17, 15) is 9.90 Å². The van der Waals surface area contributed by atoms with E-state index < -0.39 is 0 Å². The van der Waals surface area contributed by atoms with E-state index >= 15 is 0 Å². The van der Waals surface area contributed by atoms with Crippen molar-refractivity contribution in [3.8, 4) is 39.1 Å². The van der Waals surface area contributed by atoms with Crippen LogP contribution in [0.25, 0.3) is 21.8 Å². The summed E-state index contributed by atoms with van der Waals surface area (Å²) in [5, 5.41) is 12.4. The van der Waals surface area contributed by atoms with Gasteiger partial charge in [-0.3, -0.25) is 4.79 Å². The van der Waals surface area contributed by atoms with E-state index in [-0.39, 0.29) is 11.7 Å². The Labute approximate surface area is 182 Å². The Morgan fingerprint density at radius 2 is 1.74 bits per heavy atom. The standard InChI is InChI=1S/C23H17N3O4S/c27-17-3-1-2-15(10-17)22-24-12-16(13-25-22)26-23(28)21-7-6-20(31-21)14-4-5-18-19(11-14)30-9-8-29-18/h1-7,10-13,27H,8-9H2,(H,26,28). The molecule has 0 unspecified atom stereocenters. The summed E-state index contributed by atoms with van der Waals surface area (Å²) in [5.74, 6) is 1.82. The van der Waals surface area contributed by atoms with Crippen molar-refractivity contribution in [2.45, 2.75) is 0 Å². The van der Waals surface area contributed by atoms with Crippen molar-refractivity contribution in [3.05, 3.63) is 71.9 Å². The number of anilines is 1. The zero-order valence-electron chi connectivity index (χ0n) is 16.2. The molecule has 8 heteroatoms. The largest absolute Gasteiger partial charge is 0.508 e. The quantitative estimate of drug-likeness (QED) is 0.490. The highest BCUT2D eigenvalue weighted by Gasteiger charge is 2.15. The van der Waals surface area contributed by atoms with Crippen LogP contribution in [0.3, 0.4) is 0 Å². The molecule has 7 nitrogen and oxygen atoms in total.